The lowest BCUT2D eigenvalue weighted by Gasteiger charge is -2.26. The fraction of sp³-hybridized carbons (Fsp3) is 0.560. The smallest absolute Gasteiger partial charge is 0.408 e. The van der Waals surface area contributed by atoms with E-state index in [9.17, 15) is 14.4 Å². The third-order valence-corrected chi connectivity index (χ3v) is 5.94. The molecule has 1 N–H and O–H groups in total. The first-order valence-corrected chi connectivity index (χ1v) is 11.3. The fourth-order valence-corrected chi connectivity index (χ4v) is 4.01. The minimum absolute atomic E-state index is 0.166. The second-order valence-electron chi connectivity index (χ2n) is 9.55. The van der Waals surface area contributed by atoms with Crippen LogP contribution in [-0.2, 0) is 22.4 Å². The van der Waals surface area contributed by atoms with Crippen molar-refractivity contribution < 1.29 is 23.5 Å². The standard InChI is InChI=1S/C25H33NO6/c1-7-14(2)20(26-24(29)32-25(4,5)6)23(28)30-19-13-12-17-16-10-8-9-11-18(16)22(27)31-21(17)15(19)3/h12-14,20H,7-11H2,1-6H3,(H,26,29)/t14-,20+/m1/s1. The summed E-state index contributed by atoms with van der Waals surface area (Å²) in [6.07, 6.45) is 3.58. The van der Waals surface area contributed by atoms with Crippen molar-refractivity contribution in [1.29, 1.82) is 0 Å². The summed E-state index contributed by atoms with van der Waals surface area (Å²) in [6.45, 7) is 10.8. The van der Waals surface area contributed by atoms with Crippen LogP contribution in [0.2, 0.25) is 0 Å². The van der Waals surface area contributed by atoms with Gasteiger partial charge >= 0.3 is 17.7 Å². The van der Waals surface area contributed by atoms with Gasteiger partial charge in [-0.15, -0.1) is 0 Å². The molecule has 1 aromatic carbocycles. The first-order chi connectivity index (χ1) is 15.0. The van der Waals surface area contributed by atoms with E-state index < -0.39 is 23.7 Å². The van der Waals surface area contributed by atoms with Gasteiger partial charge in [-0.2, -0.15) is 0 Å². The van der Waals surface area contributed by atoms with Gasteiger partial charge in [0, 0.05) is 16.5 Å². The summed E-state index contributed by atoms with van der Waals surface area (Å²) in [5.41, 5.74) is 1.82. The minimum atomic E-state index is -0.875. The fourth-order valence-electron chi connectivity index (χ4n) is 4.01. The molecule has 0 spiro atoms. The molecule has 1 aromatic heterocycles. The van der Waals surface area contributed by atoms with E-state index in [1.165, 1.54) is 0 Å². The number of benzene rings is 1. The molecule has 1 amide bonds. The lowest BCUT2D eigenvalue weighted by Crippen LogP contribution is -2.48. The molecular weight excluding hydrogens is 410 g/mol. The zero-order valence-electron chi connectivity index (χ0n) is 19.8. The molecule has 0 unspecified atom stereocenters. The predicted molar refractivity (Wildman–Crippen MR) is 122 cm³/mol. The summed E-state index contributed by atoms with van der Waals surface area (Å²) in [5, 5.41) is 3.53. The van der Waals surface area contributed by atoms with Crippen LogP contribution in [0.1, 0.15) is 70.6 Å². The molecule has 0 radical (unpaired) electrons. The number of carbonyl (C=O) groups excluding carboxylic acids is 2. The molecule has 32 heavy (non-hydrogen) atoms. The van der Waals surface area contributed by atoms with E-state index in [-0.39, 0.29) is 11.5 Å². The predicted octanol–water partition coefficient (Wildman–Crippen LogP) is 4.83. The Hall–Kier alpha value is -2.83. The van der Waals surface area contributed by atoms with Crippen molar-refractivity contribution in [3.8, 4) is 5.75 Å². The van der Waals surface area contributed by atoms with Gasteiger partial charge in [-0.3, -0.25) is 0 Å². The molecule has 3 rings (SSSR count). The van der Waals surface area contributed by atoms with E-state index in [4.69, 9.17) is 13.9 Å². The Balaban J connectivity index is 1.89. The molecule has 7 heteroatoms. The van der Waals surface area contributed by atoms with E-state index in [1.54, 1.807) is 33.8 Å². The SMILES string of the molecule is CC[C@@H](C)[C@H](NC(=O)OC(C)(C)C)C(=O)Oc1ccc2c3c(c(=O)oc2c1C)CCCC3. The molecule has 1 aliphatic rings. The Morgan fingerprint density at radius 1 is 1.16 bits per heavy atom. The third-order valence-electron chi connectivity index (χ3n) is 5.94. The largest absolute Gasteiger partial charge is 0.444 e. The van der Waals surface area contributed by atoms with Gasteiger partial charge in [-0.1, -0.05) is 20.3 Å². The molecule has 7 nitrogen and oxygen atoms in total. The Morgan fingerprint density at radius 2 is 1.81 bits per heavy atom. The average Bonchev–Trinajstić information content (AvgIpc) is 2.73. The molecule has 2 aromatic rings. The number of fused-ring (bicyclic) bond motifs is 3. The molecule has 0 aliphatic heterocycles. The van der Waals surface area contributed by atoms with Crippen LogP contribution in [0.4, 0.5) is 4.79 Å². The van der Waals surface area contributed by atoms with E-state index in [0.29, 0.717) is 23.3 Å². The quantitative estimate of drug-likeness (QED) is 0.404. The maximum Gasteiger partial charge on any atom is 0.408 e. The number of carbonyl (C=O) groups is 2. The monoisotopic (exact) mass is 443 g/mol. The van der Waals surface area contributed by atoms with E-state index in [2.05, 4.69) is 5.32 Å². The molecule has 0 saturated carbocycles. The van der Waals surface area contributed by atoms with Crippen LogP contribution in [0.25, 0.3) is 11.0 Å². The molecule has 0 fully saturated rings. The Morgan fingerprint density at radius 3 is 2.44 bits per heavy atom. The molecule has 174 valence electrons. The van der Waals surface area contributed by atoms with Gasteiger partial charge in [0.2, 0.25) is 0 Å². The molecule has 0 saturated heterocycles. The number of ether oxygens (including phenoxy) is 2. The topological polar surface area (TPSA) is 94.8 Å². The number of amides is 1. The van der Waals surface area contributed by atoms with Gasteiger partial charge in [0.05, 0.1) is 0 Å². The Bertz CT molecular complexity index is 1080. The number of rotatable bonds is 5. The second kappa shape index (κ2) is 9.35. The number of hydrogen-bond acceptors (Lipinski definition) is 6. The first-order valence-electron chi connectivity index (χ1n) is 11.3. The highest BCUT2D eigenvalue weighted by molar-refractivity contribution is 5.88. The number of nitrogens with one attached hydrogen (secondary N) is 1. The lowest BCUT2D eigenvalue weighted by atomic mass is 9.90. The highest BCUT2D eigenvalue weighted by Crippen LogP contribution is 2.33. The minimum Gasteiger partial charge on any atom is -0.444 e. The number of aryl methyl sites for hydroxylation is 2. The van der Waals surface area contributed by atoms with Crippen LogP contribution in [0, 0.1) is 12.8 Å². The molecule has 1 heterocycles. The van der Waals surface area contributed by atoms with Gasteiger partial charge in [-0.05, 0) is 77.0 Å². The Kier molecular flexibility index (Phi) is 6.96. The van der Waals surface area contributed by atoms with Crippen LogP contribution < -0.4 is 15.7 Å². The number of hydrogen-bond donors (Lipinski definition) is 1. The van der Waals surface area contributed by atoms with Gasteiger partial charge in [-0.25, -0.2) is 14.4 Å². The van der Waals surface area contributed by atoms with Gasteiger partial charge < -0.3 is 19.2 Å². The average molecular weight is 444 g/mol. The summed E-state index contributed by atoms with van der Waals surface area (Å²) in [6, 6.07) is 2.70. The molecule has 1 aliphatic carbocycles. The van der Waals surface area contributed by atoms with Crippen molar-refractivity contribution in [3.63, 3.8) is 0 Å². The van der Waals surface area contributed by atoms with E-state index in [1.807, 2.05) is 19.9 Å². The highest BCUT2D eigenvalue weighted by Gasteiger charge is 2.30. The van der Waals surface area contributed by atoms with Gasteiger partial charge in [0.15, 0.2) is 0 Å². The van der Waals surface area contributed by atoms with Gasteiger partial charge in [0.1, 0.15) is 23.0 Å². The molecule has 0 bridgehead atoms. The van der Waals surface area contributed by atoms with Crippen molar-refractivity contribution in [2.24, 2.45) is 5.92 Å². The first kappa shape index (κ1) is 23.8. The summed E-state index contributed by atoms with van der Waals surface area (Å²) in [5.74, 6) is -0.450. The van der Waals surface area contributed by atoms with Crippen molar-refractivity contribution in [2.45, 2.75) is 85.3 Å². The summed E-state index contributed by atoms with van der Waals surface area (Å²) in [4.78, 5) is 37.8. The van der Waals surface area contributed by atoms with Crippen molar-refractivity contribution in [1.82, 2.24) is 5.32 Å². The second-order valence-corrected chi connectivity index (χ2v) is 9.55. The van der Waals surface area contributed by atoms with Crippen molar-refractivity contribution >= 4 is 23.0 Å². The normalized spacial score (nSPS) is 15.6. The Labute approximate surface area is 188 Å². The van der Waals surface area contributed by atoms with Crippen LogP contribution in [0.5, 0.6) is 5.75 Å². The van der Waals surface area contributed by atoms with Crippen LogP contribution in [-0.4, -0.2) is 23.7 Å². The summed E-state index contributed by atoms with van der Waals surface area (Å²) < 4.78 is 16.6. The summed E-state index contributed by atoms with van der Waals surface area (Å²) in [7, 11) is 0. The lowest BCUT2D eigenvalue weighted by molar-refractivity contribution is -0.138. The maximum absolute atomic E-state index is 13.0. The number of alkyl carbamates (subject to hydrolysis) is 1. The van der Waals surface area contributed by atoms with Crippen molar-refractivity contribution in [3.05, 3.63) is 39.2 Å². The van der Waals surface area contributed by atoms with Crippen LogP contribution in [0.15, 0.2) is 21.3 Å². The van der Waals surface area contributed by atoms with E-state index >= 15 is 0 Å². The highest BCUT2D eigenvalue weighted by atomic mass is 16.6. The van der Waals surface area contributed by atoms with E-state index in [0.717, 1.165) is 42.2 Å². The van der Waals surface area contributed by atoms with Gasteiger partial charge in [0.25, 0.3) is 0 Å². The number of esters is 1. The maximum atomic E-state index is 13.0. The zero-order valence-corrected chi connectivity index (χ0v) is 19.8. The summed E-state index contributed by atoms with van der Waals surface area (Å²) >= 11 is 0. The molecule has 2 atom stereocenters. The zero-order chi connectivity index (χ0) is 23.6. The van der Waals surface area contributed by atoms with Crippen molar-refractivity contribution in [2.75, 3.05) is 0 Å². The third kappa shape index (κ3) is 5.14. The molecular formula is C25H33NO6. The van der Waals surface area contributed by atoms with Crippen LogP contribution >= 0.6 is 0 Å². The van der Waals surface area contributed by atoms with Crippen LogP contribution in [0.3, 0.4) is 0 Å².